The monoisotopic (exact) mass is 417 g/mol. The second-order valence-corrected chi connectivity index (χ2v) is 8.76. The van der Waals surface area contributed by atoms with Crippen molar-refractivity contribution in [3.8, 4) is 17.2 Å². The Bertz CT molecular complexity index is 1090. The molecule has 0 aliphatic carbocycles. The Balaban J connectivity index is 1.44. The van der Waals surface area contributed by atoms with Gasteiger partial charge in [-0.05, 0) is 55.3 Å². The van der Waals surface area contributed by atoms with Gasteiger partial charge in [-0.25, -0.2) is 12.8 Å². The molecular weight excluding hydrogens is 397 g/mol. The SMILES string of the molecule is COc1ccc(S(=O)(=O)N2CCC(c3noc(-c4cccc(F)c4)n3)CC2)cc1. The Kier molecular flexibility index (Phi) is 5.33. The molecule has 1 saturated heterocycles. The summed E-state index contributed by atoms with van der Waals surface area (Å²) >= 11 is 0. The minimum Gasteiger partial charge on any atom is -0.497 e. The predicted molar refractivity (Wildman–Crippen MR) is 103 cm³/mol. The van der Waals surface area contributed by atoms with Gasteiger partial charge in [0.05, 0.1) is 12.0 Å². The number of methoxy groups -OCH3 is 1. The molecular formula is C20H20FN3O4S. The highest BCUT2D eigenvalue weighted by atomic mass is 32.2. The van der Waals surface area contributed by atoms with Gasteiger partial charge < -0.3 is 9.26 Å². The molecule has 0 bridgehead atoms. The van der Waals surface area contributed by atoms with E-state index in [1.165, 1.54) is 23.5 Å². The number of aromatic nitrogens is 2. The van der Waals surface area contributed by atoms with Gasteiger partial charge in [0.1, 0.15) is 11.6 Å². The van der Waals surface area contributed by atoms with Crippen LogP contribution in [0.2, 0.25) is 0 Å². The molecule has 0 N–H and O–H groups in total. The standard InChI is InChI=1S/C20H20FN3O4S/c1-27-17-5-7-18(8-6-17)29(25,26)24-11-9-14(10-12-24)19-22-20(28-23-19)15-3-2-4-16(21)13-15/h2-8,13-14H,9-12H2,1H3. The number of hydrogen-bond donors (Lipinski definition) is 0. The molecule has 0 unspecified atom stereocenters. The van der Waals surface area contributed by atoms with Crippen LogP contribution >= 0.6 is 0 Å². The van der Waals surface area contributed by atoms with Crippen LogP contribution in [0.25, 0.3) is 11.5 Å². The van der Waals surface area contributed by atoms with E-state index in [0.717, 1.165) is 0 Å². The van der Waals surface area contributed by atoms with Crippen molar-refractivity contribution in [3.63, 3.8) is 0 Å². The molecule has 3 aromatic rings. The zero-order valence-electron chi connectivity index (χ0n) is 15.8. The van der Waals surface area contributed by atoms with Crippen LogP contribution < -0.4 is 4.74 Å². The van der Waals surface area contributed by atoms with E-state index in [-0.39, 0.29) is 22.5 Å². The maximum Gasteiger partial charge on any atom is 0.258 e. The molecule has 2 heterocycles. The van der Waals surface area contributed by atoms with Gasteiger partial charge in [0.25, 0.3) is 5.89 Å². The van der Waals surface area contributed by atoms with Crippen LogP contribution in [0.4, 0.5) is 4.39 Å². The lowest BCUT2D eigenvalue weighted by molar-refractivity contribution is 0.307. The van der Waals surface area contributed by atoms with E-state index in [1.807, 2.05) is 0 Å². The lowest BCUT2D eigenvalue weighted by atomic mass is 9.97. The van der Waals surface area contributed by atoms with E-state index < -0.39 is 10.0 Å². The first-order chi connectivity index (χ1) is 14.0. The lowest BCUT2D eigenvalue weighted by Gasteiger charge is -2.29. The van der Waals surface area contributed by atoms with Crippen molar-refractivity contribution in [1.82, 2.24) is 14.4 Å². The van der Waals surface area contributed by atoms with E-state index in [1.54, 1.807) is 36.4 Å². The number of rotatable bonds is 5. The fourth-order valence-electron chi connectivity index (χ4n) is 3.39. The summed E-state index contributed by atoms with van der Waals surface area (Å²) in [6.07, 6.45) is 1.16. The summed E-state index contributed by atoms with van der Waals surface area (Å²) in [6.45, 7) is 0.728. The van der Waals surface area contributed by atoms with Gasteiger partial charge in [0.2, 0.25) is 10.0 Å². The molecule has 7 nitrogen and oxygen atoms in total. The van der Waals surface area contributed by atoms with Gasteiger partial charge in [-0.15, -0.1) is 0 Å². The van der Waals surface area contributed by atoms with Crippen molar-refractivity contribution in [3.05, 3.63) is 60.2 Å². The van der Waals surface area contributed by atoms with Crippen molar-refractivity contribution in [2.75, 3.05) is 20.2 Å². The Morgan fingerprint density at radius 2 is 1.86 bits per heavy atom. The molecule has 0 spiro atoms. The minimum absolute atomic E-state index is 0.0108. The largest absolute Gasteiger partial charge is 0.497 e. The number of piperidine rings is 1. The summed E-state index contributed by atoms with van der Waals surface area (Å²) < 4.78 is 50.9. The van der Waals surface area contributed by atoms with E-state index in [4.69, 9.17) is 9.26 Å². The van der Waals surface area contributed by atoms with Gasteiger partial charge in [-0.1, -0.05) is 11.2 Å². The third kappa shape index (κ3) is 4.01. The zero-order valence-corrected chi connectivity index (χ0v) is 16.6. The van der Waals surface area contributed by atoms with Crippen LogP contribution in [0, 0.1) is 5.82 Å². The summed E-state index contributed by atoms with van der Waals surface area (Å²) in [5, 5.41) is 4.02. The highest BCUT2D eigenvalue weighted by Crippen LogP contribution is 2.31. The molecule has 1 fully saturated rings. The summed E-state index contributed by atoms with van der Waals surface area (Å²) in [5.41, 5.74) is 0.517. The highest BCUT2D eigenvalue weighted by Gasteiger charge is 2.32. The highest BCUT2D eigenvalue weighted by molar-refractivity contribution is 7.89. The predicted octanol–water partition coefficient (Wildman–Crippen LogP) is 3.45. The number of benzene rings is 2. The second-order valence-electron chi connectivity index (χ2n) is 6.82. The maximum atomic E-state index is 13.4. The normalized spacial score (nSPS) is 16.1. The number of hydrogen-bond acceptors (Lipinski definition) is 6. The summed E-state index contributed by atoms with van der Waals surface area (Å²) in [6, 6.07) is 12.3. The summed E-state index contributed by atoms with van der Waals surface area (Å²) in [7, 11) is -2.03. The van der Waals surface area contributed by atoms with E-state index in [9.17, 15) is 12.8 Å². The molecule has 9 heteroatoms. The quantitative estimate of drug-likeness (QED) is 0.632. The average Bonchev–Trinajstić information content (AvgIpc) is 3.24. The first kappa shape index (κ1) is 19.5. The van der Waals surface area contributed by atoms with Gasteiger partial charge in [0.15, 0.2) is 5.82 Å². The van der Waals surface area contributed by atoms with Crippen LogP contribution in [0.1, 0.15) is 24.6 Å². The molecule has 0 amide bonds. The van der Waals surface area contributed by atoms with Gasteiger partial charge in [0, 0.05) is 24.6 Å². The molecule has 0 radical (unpaired) electrons. The molecule has 2 aromatic carbocycles. The zero-order chi connectivity index (χ0) is 20.4. The van der Waals surface area contributed by atoms with Crippen molar-refractivity contribution < 1.29 is 22.1 Å². The lowest BCUT2D eigenvalue weighted by Crippen LogP contribution is -2.38. The number of halogens is 1. The van der Waals surface area contributed by atoms with Crippen LogP contribution in [0.5, 0.6) is 5.75 Å². The number of ether oxygens (including phenoxy) is 1. The minimum atomic E-state index is -3.56. The van der Waals surface area contributed by atoms with Crippen molar-refractivity contribution in [2.24, 2.45) is 0 Å². The molecule has 1 aliphatic heterocycles. The Hall–Kier alpha value is -2.78. The first-order valence-corrected chi connectivity index (χ1v) is 10.6. The smallest absolute Gasteiger partial charge is 0.258 e. The van der Waals surface area contributed by atoms with Crippen molar-refractivity contribution >= 4 is 10.0 Å². The van der Waals surface area contributed by atoms with Gasteiger partial charge in [-0.2, -0.15) is 9.29 Å². The van der Waals surface area contributed by atoms with Crippen LogP contribution in [-0.4, -0.2) is 43.1 Å². The van der Waals surface area contributed by atoms with Crippen molar-refractivity contribution in [1.29, 1.82) is 0 Å². The van der Waals surface area contributed by atoms with Crippen LogP contribution in [-0.2, 0) is 10.0 Å². The second kappa shape index (κ2) is 7.92. The maximum absolute atomic E-state index is 13.4. The van der Waals surface area contributed by atoms with E-state index in [2.05, 4.69) is 10.1 Å². The van der Waals surface area contributed by atoms with E-state index >= 15 is 0 Å². The third-order valence-corrected chi connectivity index (χ3v) is 6.94. The first-order valence-electron chi connectivity index (χ1n) is 9.21. The Morgan fingerprint density at radius 3 is 2.52 bits per heavy atom. The average molecular weight is 417 g/mol. The Morgan fingerprint density at radius 1 is 1.14 bits per heavy atom. The molecule has 4 rings (SSSR count). The molecule has 1 aromatic heterocycles. The van der Waals surface area contributed by atoms with Crippen molar-refractivity contribution in [2.45, 2.75) is 23.7 Å². The van der Waals surface area contributed by atoms with E-state index in [0.29, 0.717) is 43.1 Å². The fourth-order valence-corrected chi connectivity index (χ4v) is 4.86. The molecule has 0 atom stereocenters. The van der Waals surface area contributed by atoms with Crippen LogP contribution in [0.15, 0.2) is 57.9 Å². The number of nitrogens with zero attached hydrogens (tertiary/aromatic N) is 3. The van der Waals surface area contributed by atoms with Gasteiger partial charge >= 0.3 is 0 Å². The van der Waals surface area contributed by atoms with Gasteiger partial charge in [-0.3, -0.25) is 0 Å². The fraction of sp³-hybridized carbons (Fsp3) is 0.300. The third-order valence-electron chi connectivity index (χ3n) is 5.03. The number of sulfonamides is 1. The topological polar surface area (TPSA) is 85.5 Å². The molecule has 152 valence electrons. The summed E-state index contributed by atoms with van der Waals surface area (Å²) in [5.74, 6) is 0.995. The molecule has 0 saturated carbocycles. The Labute approximate surface area is 168 Å². The summed E-state index contributed by atoms with van der Waals surface area (Å²) in [4.78, 5) is 4.62. The molecule has 1 aliphatic rings. The van der Waals surface area contributed by atoms with Crippen LogP contribution in [0.3, 0.4) is 0 Å². The molecule has 29 heavy (non-hydrogen) atoms.